The van der Waals surface area contributed by atoms with Crippen molar-refractivity contribution in [3.63, 3.8) is 0 Å². The molecule has 0 saturated carbocycles. The van der Waals surface area contributed by atoms with Gasteiger partial charge in [-0.25, -0.2) is 0 Å². The molecule has 0 atom stereocenters. The lowest BCUT2D eigenvalue weighted by Crippen LogP contribution is -2.24. The third kappa shape index (κ3) is 1.72. The molecule has 1 nitrogen and oxygen atoms in total. The standard InChI is InChI=1S/C14H13ClO/c1-14(2,13(15)16)12-9-5-7-10-6-3-4-8-11(10)12/h3-9H,1-2H3. The van der Waals surface area contributed by atoms with Crippen LogP contribution in [0.25, 0.3) is 10.8 Å². The summed E-state index contributed by atoms with van der Waals surface area (Å²) in [6.45, 7) is 3.70. The van der Waals surface area contributed by atoms with Gasteiger partial charge in [0, 0.05) is 0 Å². The molecule has 0 heterocycles. The number of hydrogen-bond acceptors (Lipinski definition) is 1. The van der Waals surface area contributed by atoms with Crippen LogP contribution in [0.2, 0.25) is 0 Å². The minimum Gasteiger partial charge on any atom is -0.280 e. The van der Waals surface area contributed by atoms with E-state index in [-0.39, 0.29) is 5.24 Å². The summed E-state index contributed by atoms with van der Waals surface area (Å²) >= 11 is 5.67. The molecule has 2 aromatic rings. The molecule has 0 amide bonds. The number of benzene rings is 2. The first kappa shape index (κ1) is 11.2. The molecule has 0 bridgehead atoms. The largest absolute Gasteiger partial charge is 0.280 e. The maximum absolute atomic E-state index is 11.5. The average Bonchev–Trinajstić information content (AvgIpc) is 2.28. The molecule has 2 heteroatoms. The van der Waals surface area contributed by atoms with Crippen molar-refractivity contribution in [1.82, 2.24) is 0 Å². The highest BCUT2D eigenvalue weighted by atomic mass is 35.5. The minimum absolute atomic E-state index is 0.330. The van der Waals surface area contributed by atoms with E-state index < -0.39 is 5.41 Å². The molecule has 0 saturated heterocycles. The number of rotatable bonds is 2. The van der Waals surface area contributed by atoms with Crippen LogP contribution in [0, 0.1) is 0 Å². The third-order valence-electron chi connectivity index (χ3n) is 2.95. The zero-order chi connectivity index (χ0) is 11.8. The van der Waals surface area contributed by atoms with Crippen molar-refractivity contribution in [2.24, 2.45) is 0 Å². The second-order valence-electron chi connectivity index (χ2n) is 4.43. The van der Waals surface area contributed by atoms with Crippen LogP contribution < -0.4 is 0 Å². The normalized spacial score (nSPS) is 11.7. The van der Waals surface area contributed by atoms with Crippen LogP contribution >= 0.6 is 11.6 Å². The highest BCUT2D eigenvalue weighted by Gasteiger charge is 2.29. The Kier molecular flexibility index (Phi) is 2.73. The Morgan fingerprint density at radius 1 is 1.06 bits per heavy atom. The van der Waals surface area contributed by atoms with Crippen LogP contribution in [0.15, 0.2) is 42.5 Å². The topological polar surface area (TPSA) is 17.1 Å². The first-order valence-corrected chi connectivity index (χ1v) is 5.59. The summed E-state index contributed by atoms with van der Waals surface area (Å²) in [6.07, 6.45) is 0. The molecule has 0 aliphatic carbocycles. The van der Waals surface area contributed by atoms with Crippen LogP contribution in [0.3, 0.4) is 0 Å². The maximum Gasteiger partial charge on any atom is 0.231 e. The van der Waals surface area contributed by atoms with Gasteiger partial charge in [0.2, 0.25) is 5.24 Å². The predicted octanol–water partition coefficient (Wildman–Crippen LogP) is 3.88. The number of carbonyl (C=O) groups excluding carboxylic acids is 1. The molecule has 0 radical (unpaired) electrons. The van der Waals surface area contributed by atoms with E-state index in [4.69, 9.17) is 11.6 Å². The monoisotopic (exact) mass is 232 g/mol. The second kappa shape index (κ2) is 3.91. The predicted molar refractivity (Wildman–Crippen MR) is 67.8 cm³/mol. The van der Waals surface area contributed by atoms with Gasteiger partial charge in [0.1, 0.15) is 0 Å². The summed E-state index contributed by atoms with van der Waals surface area (Å²) in [5, 5.41) is 1.89. The fraction of sp³-hybridized carbons (Fsp3) is 0.214. The quantitative estimate of drug-likeness (QED) is 0.718. The van der Waals surface area contributed by atoms with Gasteiger partial charge in [-0.2, -0.15) is 0 Å². The molecule has 0 aromatic heterocycles. The van der Waals surface area contributed by atoms with Gasteiger partial charge < -0.3 is 0 Å². The number of hydrogen-bond donors (Lipinski definition) is 0. The fourth-order valence-electron chi connectivity index (χ4n) is 1.88. The molecule has 16 heavy (non-hydrogen) atoms. The summed E-state index contributed by atoms with van der Waals surface area (Å²) in [4.78, 5) is 11.5. The number of halogens is 1. The van der Waals surface area contributed by atoms with E-state index in [1.54, 1.807) is 0 Å². The Bertz CT molecular complexity index is 538. The molecule has 0 fully saturated rings. The zero-order valence-corrected chi connectivity index (χ0v) is 10.1. The van der Waals surface area contributed by atoms with E-state index in [2.05, 4.69) is 0 Å². The van der Waals surface area contributed by atoms with Crippen molar-refractivity contribution in [1.29, 1.82) is 0 Å². The SMILES string of the molecule is CC(C)(C(=O)Cl)c1cccc2ccccc12. The molecule has 2 rings (SSSR count). The van der Waals surface area contributed by atoms with Crippen LogP contribution in [0.4, 0.5) is 0 Å². The van der Waals surface area contributed by atoms with Crippen molar-refractivity contribution in [3.8, 4) is 0 Å². The van der Waals surface area contributed by atoms with Gasteiger partial charge in [-0.3, -0.25) is 4.79 Å². The van der Waals surface area contributed by atoms with Crippen molar-refractivity contribution >= 4 is 27.6 Å². The van der Waals surface area contributed by atoms with Crippen molar-refractivity contribution in [2.75, 3.05) is 0 Å². The van der Waals surface area contributed by atoms with Crippen molar-refractivity contribution in [2.45, 2.75) is 19.3 Å². The molecule has 0 N–H and O–H groups in total. The van der Waals surface area contributed by atoms with Gasteiger partial charge in [0.15, 0.2) is 0 Å². The lowest BCUT2D eigenvalue weighted by molar-refractivity contribution is -0.115. The Labute approximate surface area is 100 Å². The van der Waals surface area contributed by atoms with Gasteiger partial charge in [0.05, 0.1) is 5.41 Å². The van der Waals surface area contributed by atoms with Crippen LogP contribution in [0.5, 0.6) is 0 Å². The van der Waals surface area contributed by atoms with Gasteiger partial charge in [-0.05, 0) is 41.8 Å². The van der Waals surface area contributed by atoms with Crippen LogP contribution in [-0.4, -0.2) is 5.24 Å². The van der Waals surface area contributed by atoms with Gasteiger partial charge in [-0.1, -0.05) is 42.5 Å². The van der Waals surface area contributed by atoms with Crippen LogP contribution in [0.1, 0.15) is 19.4 Å². The summed E-state index contributed by atoms with van der Waals surface area (Å²) in [5.74, 6) is 0. The molecule has 82 valence electrons. The Balaban J connectivity index is 2.74. The second-order valence-corrected chi connectivity index (χ2v) is 4.77. The van der Waals surface area contributed by atoms with Crippen molar-refractivity contribution in [3.05, 3.63) is 48.0 Å². The smallest absolute Gasteiger partial charge is 0.231 e. The molecule has 0 unspecified atom stereocenters. The zero-order valence-electron chi connectivity index (χ0n) is 9.33. The minimum atomic E-state index is -0.650. The van der Waals surface area contributed by atoms with E-state index >= 15 is 0 Å². The van der Waals surface area contributed by atoms with Crippen molar-refractivity contribution < 1.29 is 4.79 Å². The van der Waals surface area contributed by atoms with E-state index in [0.717, 1.165) is 16.3 Å². The van der Waals surface area contributed by atoms with E-state index in [1.807, 2.05) is 56.3 Å². The summed E-state index contributed by atoms with van der Waals surface area (Å²) in [7, 11) is 0. The molecule has 0 spiro atoms. The highest BCUT2D eigenvalue weighted by Crippen LogP contribution is 2.31. The first-order valence-electron chi connectivity index (χ1n) is 5.21. The number of carbonyl (C=O) groups is 1. The summed E-state index contributed by atoms with van der Waals surface area (Å²) in [6, 6.07) is 14.0. The van der Waals surface area contributed by atoms with Gasteiger partial charge in [-0.15, -0.1) is 0 Å². The highest BCUT2D eigenvalue weighted by molar-refractivity contribution is 6.65. The Hall–Kier alpha value is -1.34. The lowest BCUT2D eigenvalue weighted by Gasteiger charge is -2.22. The van der Waals surface area contributed by atoms with Crippen LogP contribution in [-0.2, 0) is 10.2 Å². The van der Waals surface area contributed by atoms with Gasteiger partial charge in [0.25, 0.3) is 0 Å². The van der Waals surface area contributed by atoms with E-state index in [1.165, 1.54) is 0 Å². The summed E-state index contributed by atoms with van der Waals surface area (Å²) < 4.78 is 0. The number of fused-ring (bicyclic) bond motifs is 1. The molecular weight excluding hydrogens is 220 g/mol. The average molecular weight is 233 g/mol. The van der Waals surface area contributed by atoms with E-state index in [0.29, 0.717) is 0 Å². The molecule has 2 aromatic carbocycles. The lowest BCUT2D eigenvalue weighted by atomic mass is 9.83. The van der Waals surface area contributed by atoms with Gasteiger partial charge >= 0.3 is 0 Å². The molecular formula is C14H13ClO. The summed E-state index contributed by atoms with van der Waals surface area (Å²) in [5.41, 5.74) is 0.327. The fourth-order valence-corrected chi connectivity index (χ4v) is 1.98. The first-order chi connectivity index (χ1) is 7.53. The Morgan fingerprint density at radius 2 is 1.69 bits per heavy atom. The third-order valence-corrected chi connectivity index (χ3v) is 3.43. The van der Waals surface area contributed by atoms with E-state index in [9.17, 15) is 4.79 Å². The Morgan fingerprint density at radius 3 is 2.38 bits per heavy atom. The maximum atomic E-state index is 11.5. The molecule has 0 aliphatic heterocycles. The molecule has 0 aliphatic rings.